The molecule has 0 aromatic heterocycles. The summed E-state index contributed by atoms with van der Waals surface area (Å²) in [6.45, 7) is -0.788. The second kappa shape index (κ2) is 6.91. The number of carbonyl (C=O) groups is 1. The maximum atomic E-state index is 12.6. The molecule has 1 aliphatic heterocycles. The van der Waals surface area contributed by atoms with E-state index in [9.17, 15) is 25.2 Å². The highest BCUT2D eigenvalue weighted by molar-refractivity contribution is 6.01. The van der Waals surface area contributed by atoms with Crippen LogP contribution in [0.1, 0.15) is 10.4 Å². The van der Waals surface area contributed by atoms with E-state index in [0.29, 0.717) is 5.75 Å². The molecule has 128 valence electrons. The average Bonchev–Trinajstić information content (AvgIpc) is 2.59. The monoisotopic (exact) mass is 326 g/mol. The number of benzene rings is 1. The molecule has 23 heavy (non-hydrogen) atoms. The lowest BCUT2D eigenvalue weighted by Gasteiger charge is -2.47. The molecule has 0 amide bonds. The van der Waals surface area contributed by atoms with Gasteiger partial charge in [-0.2, -0.15) is 0 Å². The van der Waals surface area contributed by atoms with Gasteiger partial charge >= 0.3 is 0 Å². The molecule has 7 N–H and O–H groups in total. The molecule has 1 aromatic carbocycles. The molecule has 1 heterocycles. The van der Waals surface area contributed by atoms with Crippen LogP contribution in [0.4, 0.5) is 0 Å². The van der Waals surface area contributed by atoms with E-state index in [1.807, 2.05) is 0 Å². The van der Waals surface area contributed by atoms with Gasteiger partial charge in [0, 0.05) is 12.1 Å². The van der Waals surface area contributed by atoms with Crippen molar-refractivity contribution in [2.24, 2.45) is 5.73 Å². The Hall–Kier alpha value is -1.55. The maximum absolute atomic E-state index is 12.6. The van der Waals surface area contributed by atoms with Crippen molar-refractivity contribution in [3.8, 4) is 5.75 Å². The van der Waals surface area contributed by atoms with Gasteiger partial charge in [0.05, 0.1) is 31.4 Å². The normalized spacial score (nSPS) is 32.3. The second-order valence-electron chi connectivity index (χ2n) is 5.65. The third kappa shape index (κ3) is 3.09. The lowest BCUT2D eigenvalue weighted by molar-refractivity contribution is -0.136. The van der Waals surface area contributed by atoms with E-state index < -0.39 is 42.3 Å². The van der Waals surface area contributed by atoms with Crippen molar-refractivity contribution in [3.63, 3.8) is 0 Å². The Morgan fingerprint density at radius 2 is 2.00 bits per heavy atom. The zero-order valence-electron chi connectivity index (χ0n) is 12.7. The molecule has 2 rings (SSSR count). The van der Waals surface area contributed by atoms with E-state index in [2.05, 4.69) is 5.32 Å². The van der Waals surface area contributed by atoms with Gasteiger partial charge in [-0.3, -0.25) is 4.79 Å². The summed E-state index contributed by atoms with van der Waals surface area (Å²) in [6, 6.07) is 4.90. The smallest absolute Gasteiger partial charge is 0.181 e. The molecule has 0 bridgehead atoms. The van der Waals surface area contributed by atoms with E-state index in [1.54, 1.807) is 12.1 Å². The van der Waals surface area contributed by atoms with Crippen molar-refractivity contribution >= 4 is 5.78 Å². The van der Waals surface area contributed by atoms with Crippen molar-refractivity contribution in [2.45, 2.75) is 29.9 Å². The van der Waals surface area contributed by atoms with Crippen LogP contribution >= 0.6 is 0 Å². The van der Waals surface area contributed by atoms with Crippen LogP contribution in [0.25, 0.3) is 0 Å². The summed E-state index contributed by atoms with van der Waals surface area (Å²) in [7, 11) is 1.50. The van der Waals surface area contributed by atoms with Crippen LogP contribution in [-0.4, -0.2) is 76.4 Å². The number of nitrogens with two attached hydrogens (primary N) is 1. The summed E-state index contributed by atoms with van der Waals surface area (Å²) in [5.41, 5.74) is 4.62. The number of aliphatic hydroxyl groups is 4. The zero-order chi connectivity index (χ0) is 17.2. The van der Waals surface area contributed by atoms with Gasteiger partial charge in [-0.25, -0.2) is 0 Å². The molecule has 5 unspecified atom stereocenters. The first-order chi connectivity index (χ1) is 10.9. The van der Waals surface area contributed by atoms with E-state index >= 15 is 0 Å². The number of ether oxygens (including phenoxy) is 1. The topological polar surface area (TPSA) is 145 Å². The Morgan fingerprint density at radius 1 is 1.39 bits per heavy atom. The van der Waals surface area contributed by atoms with Crippen molar-refractivity contribution in [3.05, 3.63) is 29.8 Å². The van der Waals surface area contributed by atoms with Gasteiger partial charge in [0.15, 0.2) is 5.78 Å². The summed E-state index contributed by atoms with van der Waals surface area (Å²) < 4.78 is 5.01. The van der Waals surface area contributed by atoms with E-state index in [1.165, 1.54) is 19.2 Å². The van der Waals surface area contributed by atoms with Crippen LogP contribution in [0.3, 0.4) is 0 Å². The number of rotatable bonds is 5. The number of hydrogen-bond donors (Lipinski definition) is 6. The predicted molar refractivity (Wildman–Crippen MR) is 81.1 cm³/mol. The van der Waals surface area contributed by atoms with E-state index in [4.69, 9.17) is 10.5 Å². The van der Waals surface area contributed by atoms with Crippen LogP contribution < -0.4 is 15.8 Å². The fourth-order valence-electron chi connectivity index (χ4n) is 2.75. The summed E-state index contributed by atoms with van der Waals surface area (Å²) in [4.78, 5) is 12.6. The highest BCUT2D eigenvalue weighted by atomic mass is 16.5. The van der Waals surface area contributed by atoms with Gasteiger partial charge in [0.2, 0.25) is 0 Å². The van der Waals surface area contributed by atoms with Gasteiger partial charge in [-0.15, -0.1) is 0 Å². The van der Waals surface area contributed by atoms with Gasteiger partial charge in [-0.05, 0) is 24.3 Å². The Bertz CT molecular complexity index is 551. The molecule has 0 aliphatic carbocycles. The molecule has 0 saturated carbocycles. The quantitative estimate of drug-likeness (QED) is 0.329. The molecule has 1 aliphatic rings. The first-order valence-electron chi connectivity index (χ1n) is 7.21. The van der Waals surface area contributed by atoms with Crippen molar-refractivity contribution in [1.29, 1.82) is 0 Å². The summed E-state index contributed by atoms with van der Waals surface area (Å²) >= 11 is 0. The fraction of sp³-hybridized carbons (Fsp3) is 0.533. The summed E-state index contributed by atoms with van der Waals surface area (Å²) in [6.07, 6.45) is -4.33. The lowest BCUT2D eigenvalue weighted by atomic mass is 9.75. The first-order valence-corrected chi connectivity index (χ1v) is 7.21. The second-order valence-corrected chi connectivity index (χ2v) is 5.65. The number of methoxy groups -OCH3 is 1. The lowest BCUT2D eigenvalue weighted by Crippen LogP contribution is -2.77. The van der Waals surface area contributed by atoms with Crippen LogP contribution in [-0.2, 0) is 0 Å². The van der Waals surface area contributed by atoms with Gasteiger partial charge in [0.1, 0.15) is 18.0 Å². The number of nitrogens with one attached hydrogen (secondary N) is 1. The Labute approximate surface area is 133 Å². The van der Waals surface area contributed by atoms with Crippen molar-refractivity contribution < 1.29 is 30.0 Å². The number of piperidine rings is 1. The molecule has 8 nitrogen and oxygen atoms in total. The van der Waals surface area contributed by atoms with E-state index in [0.717, 1.165) is 0 Å². The van der Waals surface area contributed by atoms with Gasteiger partial charge in [0.25, 0.3) is 0 Å². The highest BCUT2D eigenvalue weighted by Gasteiger charge is 2.53. The third-order valence-corrected chi connectivity index (χ3v) is 4.36. The maximum Gasteiger partial charge on any atom is 0.181 e. The minimum absolute atomic E-state index is 0.109. The standard InChI is InChI=1S/C15H22N2O6/c1-23-9-4-2-8(3-5-9)11(20)13(16)15(7-18)14(22)12(21)10(19)6-17-15/h2-5,10,12-14,17-19,21-22H,6-7,16H2,1H3. The largest absolute Gasteiger partial charge is 0.497 e. The molecule has 5 atom stereocenters. The van der Waals surface area contributed by atoms with Crippen LogP contribution in [0.5, 0.6) is 5.75 Å². The molecule has 0 spiro atoms. The molecule has 1 saturated heterocycles. The third-order valence-electron chi connectivity index (χ3n) is 4.36. The zero-order valence-corrected chi connectivity index (χ0v) is 12.7. The Balaban J connectivity index is 2.27. The highest BCUT2D eigenvalue weighted by Crippen LogP contribution is 2.26. The van der Waals surface area contributed by atoms with Gasteiger partial charge < -0.3 is 36.2 Å². The Morgan fingerprint density at radius 3 is 2.52 bits per heavy atom. The summed E-state index contributed by atoms with van der Waals surface area (Å²) in [5.74, 6) is 0.0539. The average molecular weight is 326 g/mol. The SMILES string of the molecule is COc1ccc(C(=O)C(N)C2(CO)NCC(O)C(O)C2O)cc1. The number of aliphatic hydroxyl groups excluding tert-OH is 4. The van der Waals surface area contributed by atoms with Crippen LogP contribution in [0.15, 0.2) is 24.3 Å². The summed E-state index contributed by atoms with van der Waals surface area (Å²) in [5, 5.41) is 42.0. The molecule has 1 aromatic rings. The van der Waals surface area contributed by atoms with Crippen molar-refractivity contribution in [1.82, 2.24) is 5.32 Å². The van der Waals surface area contributed by atoms with Gasteiger partial charge in [-0.1, -0.05) is 0 Å². The molecule has 1 fully saturated rings. The minimum atomic E-state index is -1.64. The van der Waals surface area contributed by atoms with Crippen LogP contribution in [0, 0.1) is 0 Å². The fourth-order valence-corrected chi connectivity index (χ4v) is 2.75. The molecule has 8 heteroatoms. The van der Waals surface area contributed by atoms with E-state index in [-0.39, 0.29) is 12.1 Å². The number of Topliss-reactive ketones (excluding diaryl/α,β-unsaturated/α-hetero) is 1. The molecule has 0 radical (unpaired) electrons. The number of hydrogen-bond acceptors (Lipinski definition) is 8. The van der Waals surface area contributed by atoms with Crippen LogP contribution in [0.2, 0.25) is 0 Å². The first kappa shape index (κ1) is 17.8. The molecular weight excluding hydrogens is 304 g/mol. The minimum Gasteiger partial charge on any atom is -0.497 e. The number of ketones is 1. The Kier molecular flexibility index (Phi) is 5.35. The number of carbonyl (C=O) groups excluding carboxylic acids is 1. The predicted octanol–water partition coefficient (Wildman–Crippen LogP) is -2.38. The number of β-amino-alcohol motifs (C(OH)–C–C–N with tert-alkyl or cyclic N) is 1. The molecular formula is C15H22N2O6. The van der Waals surface area contributed by atoms with Crippen molar-refractivity contribution in [2.75, 3.05) is 20.3 Å².